The van der Waals surface area contributed by atoms with Gasteiger partial charge in [-0.2, -0.15) is 5.10 Å². The highest BCUT2D eigenvalue weighted by Crippen LogP contribution is 2.29. The van der Waals surface area contributed by atoms with Crippen LogP contribution in [-0.4, -0.2) is 22.2 Å². The minimum Gasteiger partial charge on any atom is -0.307 e. The molecule has 1 aliphatic rings. The van der Waals surface area contributed by atoms with Crippen LogP contribution in [0.25, 0.3) is 0 Å². The highest BCUT2D eigenvalue weighted by Gasteiger charge is 2.27. The van der Waals surface area contributed by atoms with Crippen LogP contribution in [-0.2, 0) is 13.0 Å². The number of amides is 1. The Morgan fingerprint density at radius 3 is 3.00 bits per heavy atom. The molecule has 1 aliphatic heterocycles. The normalized spacial score (nSPS) is 14.2. The summed E-state index contributed by atoms with van der Waals surface area (Å²) in [7, 11) is 0. The van der Waals surface area contributed by atoms with Crippen molar-refractivity contribution in [3.8, 4) is 0 Å². The van der Waals surface area contributed by atoms with Gasteiger partial charge in [0, 0.05) is 18.8 Å². The second-order valence-electron chi connectivity index (χ2n) is 4.85. The molecule has 0 unspecified atom stereocenters. The second kappa shape index (κ2) is 5.29. The number of aryl methyl sites for hydroxylation is 2. The summed E-state index contributed by atoms with van der Waals surface area (Å²) in [6, 6.07) is 8.04. The van der Waals surface area contributed by atoms with Gasteiger partial charge in [0.05, 0.1) is 11.2 Å². The molecule has 0 saturated heterocycles. The predicted molar refractivity (Wildman–Crippen MR) is 79.4 cm³/mol. The summed E-state index contributed by atoms with van der Waals surface area (Å²) in [6.45, 7) is 3.30. The number of hydrogen-bond acceptors (Lipinski definition) is 2. The number of benzene rings is 1. The number of nitrogens with zero attached hydrogens (tertiary/aromatic N) is 3. The van der Waals surface area contributed by atoms with Gasteiger partial charge < -0.3 is 4.90 Å². The molecule has 0 spiro atoms. The van der Waals surface area contributed by atoms with E-state index in [4.69, 9.17) is 11.6 Å². The van der Waals surface area contributed by atoms with Crippen LogP contribution in [0.4, 0.5) is 5.69 Å². The third-order valence-electron chi connectivity index (χ3n) is 3.65. The molecule has 4 nitrogen and oxygen atoms in total. The highest BCUT2D eigenvalue weighted by molar-refractivity contribution is 6.34. The summed E-state index contributed by atoms with van der Waals surface area (Å²) < 4.78 is 1.65. The number of halogens is 1. The van der Waals surface area contributed by atoms with Gasteiger partial charge >= 0.3 is 0 Å². The summed E-state index contributed by atoms with van der Waals surface area (Å²) in [4.78, 5) is 14.6. The average Bonchev–Trinajstić information content (AvgIpc) is 2.87. The number of para-hydroxylation sites is 1. The van der Waals surface area contributed by atoms with E-state index in [9.17, 15) is 4.79 Å². The van der Waals surface area contributed by atoms with Gasteiger partial charge in [-0.1, -0.05) is 29.8 Å². The molecule has 0 N–H and O–H groups in total. The van der Waals surface area contributed by atoms with Crippen molar-refractivity contribution >= 4 is 23.2 Å². The van der Waals surface area contributed by atoms with E-state index >= 15 is 0 Å². The molecule has 20 heavy (non-hydrogen) atoms. The van der Waals surface area contributed by atoms with Gasteiger partial charge in [0.15, 0.2) is 0 Å². The number of rotatable bonds is 2. The van der Waals surface area contributed by atoms with Crippen LogP contribution in [0, 0.1) is 0 Å². The number of fused-ring (bicyclic) bond motifs is 1. The van der Waals surface area contributed by atoms with Crippen molar-refractivity contribution in [2.45, 2.75) is 26.3 Å². The Morgan fingerprint density at radius 2 is 2.20 bits per heavy atom. The lowest BCUT2D eigenvalue weighted by molar-refractivity contribution is 0.0975. The Kier molecular flexibility index (Phi) is 3.49. The first-order valence-corrected chi connectivity index (χ1v) is 7.21. The molecule has 5 heteroatoms. The van der Waals surface area contributed by atoms with Gasteiger partial charge in [0.2, 0.25) is 0 Å². The molecule has 0 saturated carbocycles. The fraction of sp³-hybridized carbons (Fsp3) is 0.333. The van der Waals surface area contributed by atoms with E-state index in [-0.39, 0.29) is 5.91 Å². The molecule has 1 aromatic heterocycles. The molecular formula is C15H16ClN3O. The highest BCUT2D eigenvalue weighted by atomic mass is 35.5. The molecule has 0 fully saturated rings. The maximum absolute atomic E-state index is 12.8. The van der Waals surface area contributed by atoms with E-state index in [0.717, 1.165) is 25.1 Å². The molecule has 0 aliphatic carbocycles. The van der Waals surface area contributed by atoms with Crippen molar-refractivity contribution in [2.24, 2.45) is 0 Å². The zero-order valence-corrected chi connectivity index (χ0v) is 12.1. The molecule has 0 atom stereocenters. The predicted octanol–water partition coefficient (Wildman–Crippen LogP) is 3.15. The van der Waals surface area contributed by atoms with Gasteiger partial charge in [0.1, 0.15) is 5.69 Å². The van der Waals surface area contributed by atoms with Crippen LogP contribution >= 0.6 is 11.6 Å². The standard InChI is InChI=1S/C15H16ClN3O/c1-2-19-14(12(16)10-17-19)15(20)18-9-5-7-11-6-3-4-8-13(11)18/h3-4,6,8,10H,2,5,7,9H2,1H3. The van der Waals surface area contributed by atoms with E-state index in [1.165, 1.54) is 11.8 Å². The van der Waals surface area contributed by atoms with E-state index in [0.29, 0.717) is 17.3 Å². The number of carbonyl (C=O) groups is 1. The Bertz CT molecular complexity index is 650. The lowest BCUT2D eigenvalue weighted by atomic mass is 10.0. The molecule has 0 bridgehead atoms. The largest absolute Gasteiger partial charge is 0.307 e. The van der Waals surface area contributed by atoms with Crippen molar-refractivity contribution in [2.75, 3.05) is 11.4 Å². The quantitative estimate of drug-likeness (QED) is 0.852. The second-order valence-corrected chi connectivity index (χ2v) is 5.25. The maximum atomic E-state index is 12.8. The van der Waals surface area contributed by atoms with E-state index in [2.05, 4.69) is 11.2 Å². The number of aromatic nitrogens is 2. The van der Waals surface area contributed by atoms with Gasteiger partial charge in [-0.05, 0) is 31.4 Å². The minimum atomic E-state index is -0.0681. The zero-order chi connectivity index (χ0) is 14.1. The first-order chi connectivity index (χ1) is 9.72. The van der Waals surface area contributed by atoms with Gasteiger partial charge in [-0.3, -0.25) is 9.48 Å². The third kappa shape index (κ3) is 2.10. The van der Waals surface area contributed by atoms with Crippen molar-refractivity contribution < 1.29 is 4.79 Å². The van der Waals surface area contributed by atoms with E-state index in [1.54, 1.807) is 4.68 Å². The topological polar surface area (TPSA) is 38.1 Å². The molecule has 1 aromatic carbocycles. The summed E-state index contributed by atoms with van der Waals surface area (Å²) in [6.07, 6.45) is 3.52. The zero-order valence-electron chi connectivity index (χ0n) is 11.3. The Balaban J connectivity index is 2.02. The number of anilines is 1. The Labute approximate surface area is 123 Å². The lowest BCUT2D eigenvalue weighted by Crippen LogP contribution is -2.36. The van der Waals surface area contributed by atoms with Crippen molar-refractivity contribution in [1.29, 1.82) is 0 Å². The van der Waals surface area contributed by atoms with Gasteiger partial charge in [0.25, 0.3) is 5.91 Å². The Morgan fingerprint density at radius 1 is 1.40 bits per heavy atom. The fourth-order valence-electron chi connectivity index (χ4n) is 2.69. The smallest absolute Gasteiger partial charge is 0.278 e. The van der Waals surface area contributed by atoms with Crippen LogP contribution in [0.2, 0.25) is 5.02 Å². The molecular weight excluding hydrogens is 274 g/mol. The van der Waals surface area contributed by atoms with Crippen LogP contribution in [0.15, 0.2) is 30.5 Å². The maximum Gasteiger partial charge on any atom is 0.278 e. The van der Waals surface area contributed by atoms with Crippen LogP contribution in [0.1, 0.15) is 29.4 Å². The SMILES string of the molecule is CCn1ncc(Cl)c1C(=O)N1CCCc2ccccc21. The molecule has 0 radical (unpaired) electrons. The van der Waals surface area contributed by atoms with E-state index in [1.807, 2.05) is 30.0 Å². The molecule has 2 aromatic rings. The summed E-state index contributed by atoms with van der Waals surface area (Å²) in [5.41, 5.74) is 2.68. The fourth-order valence-corrected chi connectivity index (χ4v) is 2.91. The van der Waals surface area contributed by atoms with Gasteiger partial charge in [-0.25, -0.2) is 0 Å². The molecule has 3 rings (SSSR count). The van der Waals surface area contributed by atoms with Crippen LogP contribution in [0.5, 0.6) is 0 Å². The summed E-state index contributed by atoms with van der Waals surface area (Å²) in [5.74, 6) is -0.0681. The molecule has 2 heterocycles. The summed E-state index contributed by atoms with van der Waals surface area (Å²) >= 11 is 6.13. The third-order valence-corrected chi connectivity index (χ3v) is 3.93. The van der Waals surface area contributed by atoms with Gasteiger partial charge in [-0.15, -0.1) is 0 Å². The first kappa shape index (κ1) is 13.2. The average molecular weight is 290 g/mol. The summed E-state index contributed by atoms with van der Waals surface area (Å²) in [5, 5.41) is 4.56. The lowest BCUT2D eigenvalue weighted by Gasteiger charge is -2.29. The van der Waals surface area contributed by atoms with Crippen LogP contribution < -0.4 is 4.90 Å². The minimum absolute atomic E-state index is 0.0681. The first-order valence-electron chi connectivity index (χ1n) is 6.83. The Hall–Kier alpha value is -1.81. The number of carbonyl (C=O) groups excluding carboxylic acids is 1. The monoisotopic (exact) mass is 289 g/mol. The van der Waals surface area contributed by atoms with Crippen LogP contribution in [0.3, 0.4) is 0 Å². The van der Waals surface area contributed by atoms with Crippen molar-refractivity contribution in [1.82, 2.24) is 9.78 Å². The van der Waals surface area contributed by atoms with Crippen molar-refractivity contribution in [3.63, 3.8) is 0 Å². The van der Waals surface area contributed by atoms with E-state index < -0.39 is 0 Å². The number of hydrogen-bond donors (Lipinski definition) is 0. The molecule has 1 amide bonds. The molecule has 104 valence electrons. The van der Waals surface area contributed by atoms with Crippen molar-refractivity contribution in [3.05, 3.63) is 46.7 Å².